The van der Waals surface area contributed by atoms with Crippen LogP contribution in [0, 0.1) is 0 Å². The van der Waals surface area contributed by atoms with Crippen LogP contribution < -0.4 is 11.2 Å². The number of nitrogens with zero attached hydrogens (tertiary/aromatic N) is 3. The lowest BCUT2D eigenvalue weighted by atomic mass is 10.3. The number of halogens is 1. The highest BCUT2D eigenvalue weighted by Crippen LogP contribution is 2.08. The van der Waals surface area contributed by atoms with Crippen LogP contribution in [0.25, 0.3) is 11.2 Å². The van der Waals surface area contributed by atoms with Gasteiger partial charge in [0.25, 0.3) is 5.56 Å². The van der Waals surface area contributed by atoms with E-state index in [9.17, 15) is 9.59 Å². The fourth-order valence-corrected chi connectivity index (χ4v) is 1.99. The van der Waals surface area contributed by atoms with Crippen molar-refractivity contribution in [3.8, 4) is 0 Å². The van der Waals surface area contributed by atoms with Crippen LogP contribution in [0.1, 0.15) is 25.6 Å². The van der Waals surface area contributed by atoms with E-state index in [0.717, 1.165) is 17.4 Å². The Morgan fingerprint density at radius 3 is 2.72 bits per heavy atom. The second-order valence-corrected chi connectivity index (χ2v) is 4.43. The van der Waals surface area contributed by atoms with E-state index in [1.165, 1.54) is 11.6 Å². The molecule has 2 aromatic rings. The third-order valence-electron chi connectivity index (χ3n) is 2.89. The van der Waals surface area contributed by atoms with Gasteiger partial charge in [-0.25, -0.2) is 9.78 Å². The third-order valence-corrected chi connectivity index (χ3v) is 3.14. The van der Waals surface area contributed by atoms with Crippen molar-refractivity contribution in [3.63, 3.8) is 0 Å². The molecule has 0 aromatic carbocycles. The molecule has 1 N–H and O–H groups in total. The molecule has 7 heteroatoms. The summed E-state index contributed by atoms with van der Waals surface area (Å²) in [4.78, 5) is 31.1. The number of hydrogen-bond acceptors (Lipinski definition) is 3. The van der Waals surface area contributed by atoms with Crippen molar-refractivity contribution in [3.05, 3.63) is 26.7 Å². The first-order valence-electron chi connectivity index (χ1n) is 5.84. The fourth-order valence-electron chi connectivity index (χ4n) is 1.86. The van der Waals surface area contributed by atoms with E-state index in [4.69, 9.17) is 11.6 Å². The van der Waals surface area contributed by atoms with E-state index in [-0.39, 0.29) is 17.1 Å². The Balaban J connectivity index is 2.77. The molecule has 0 bridgehead atoms. The molecule has 0 aliphatic rings. The molecule has 0 aliphatic carbocycles. The zero-order valence-electron chi connectivity index (χ0n) is 10.4. The number of hydrogen-bond donors (Lipinski definition) is 1. The summed E-state index contributed by atoms with van der Waals surface area (Å²) in [6, 6.07) is 0. The van der Waals surface area contributed by atoms with E-state index < -0.39 is 0 Å². The molecule has 0 amide bonds. The molecule has 6 nitrogen and oxygen atoms in total. The molecule has 2 rings (SSSR count). The lowest BCUT2D eigenvalue weighted by Crippen LogP contribution is -2.38. The quantitative estimate of drug-likeness (QED) is 0.841. The smallest absolute Gasteiger partial charge is 0.332 e. The van der Waals surface area contributed by atoms with Gasteiger partial charge in [-0.15, -0.1) is 11.6 Å². The van der Waals surface area contributed by atoms with Gasteiger partial charge in [0.15, 0.2) is 5.65 Å². The molecule has 0 saturated heterocycles. The molecular weight excluding hydrogens is 256 g/mol. The highest BCUT2D eigenvalue weighted by Gasteiger charge is 2.14. The van der Waals surface area contributed by atoms with Crippen LogP contribution >= 0.6 is 11.6 Å². The van der Waals surface area contributed by atoms with Crippen molar-refractivity contribution < 1.29 is 0 Å². The summed E-state index contributed by atoms with van der Waals surface area (Å²) in [6.07, 6.45) is 1.82. The lowest BCUT2D eigenvalue weighted by Gasteiger charge is -2.07. The van der Waals surface area contributed by atoms with Gasteiger partial charge < -0.3 is 4.98 Å². The van der Waals surface area contributed by atoms with E-state index in [1.54, 1.807) is 0 Å². The average molecular weight is 271 g/mol. The molecule has 2 aromatic heterocycles. The predicted octanol–water partition coefficient (Wildman–Crippen LogP) is 0.962. The maximum Gasteiger partial charge on any atom is 0.332 e. The SMILES string of the molecule is CCCCn1c(=O)n(C)c(=O)c2[nH]c(CCl)nc21. The van der Waals surface area contributed by atoms with Crippen LogP contribution in [0.4, 0.5) is 0 Å². The normalized spacial score (nSPS) is 11.3. The molecule has 0 spiro atoms. The number of aryl methyl sites for hydroxylation is 1. The first-order chi connectivity index (χ1) is 8.60. The van der Waals surface area contributed by atoms with Crippen LogP contribution in [0.5, 0.6) is 0 Å². The van der Waals surface area contributed by atoms with Gasteiger partial charge in [0, 0.05) is 13.6 Å². The average Bonchev–Trinajstić information content (AvgIpc) is 2.80. The summed E-state index contributed by atoms with van der Waals surface area (Å²) in [6.45, 7) is 2.59. The number of imidazole rings is 1. The molecule has 0 atom stereocenters. The van der Waals surface area contributed by atoms with Crippen LogP contribution in [0.3, 0.4) is 0 Å². The Morgan fingerprint density at radius 2 is 2.11 bits per heavy atom. The summed E-state index contributed by atoms with van der Waals surface area (Å²) < 4.78 is 2.61. The number of unbranched alkanes of at least 4 members (excludes halogenated alkanes) is 1. The Morgan fingerprint density at radius 1 is 1.39 bits per heavy atom. The summed E-state index contributed by atoms with van der Waals surface area (Å²) in [5, 5.41) is 0. The zero-order valence-corrected chi connectivity index (χ0v) is 11.1. The van der Waals surface area contributed by atoms with Crippen LogP contribution in [-0.2, 0) is 19.5 Å². The molecule has 98 valence electrons. The summed E-state index contributed by atoms with van der Waals surface area (Å²) in [5.74, 6) is 0.680. The van der Waals surface area contributed by atoms with Crippen LogP contribution in [0.15, 0.2) is 9.59 Å². The molecule has 18 heavy (non-hydrogen) atoms. The molecule has 0 radical (unpaired) electrons. The van der Waals surface area contributed by atoms with Gasteiger partial charge in [-0.2, -0.15) is 0 Å². The number of aromatic nitrogens is 4. The molecule has 2 heterocycles. The van der Waals surface area contributed by atoms with Gasteiger partial charge in [0.05, 0.1) is 5.88 Å². The topological polar surface area (TPSA) is 72.7 Å². The van der Waals surface area contributed by atoms with Gasteiger partial charge in [-0.3, -0.25) is 13.9 Å². The maximum atomic E-state index is 12.0. The summed E-state index contributed by atoms with van der Waals surface area (Å²) >= 11 is 5.70. The second kappa shape index (κ2) is 4.97. The van der Waals surface area contributed by atoms with Gasteiger partial charge in [-0.1, -0.05) is 13.3 Å². The van der Waals surface area contributed by atoms with E-state index in [1.807, 2.05) is 6.92 Å². The largest absolute Gasteiger partial charge is 0.335 e. The van der Waals surface area contributed by atoms with Crippen molar-refractivity contribution in [2.75, 3.05) is 0 Å². The van der Waals surface area contributed by atoms with Crippen LogP contribution in [0.2, 0.25) is 0 Å². The van der Waals surface area contributed by atoms with Gasteiger partial charge in [0.2, 0.25) is 0 Å². The molecule has 0 fully saturated rings. The van der Waals surface area contributed by atoms with Gasteiger partial charge in [0.1, 0.15) is 11.3 Å². The zero-order chi connectivity index (χ0) is 13.3. The summed E-state index contributed by atoms with van der Waals surface area (Å²) in [7, 11) is 1.47. The van der Waals surface area contributed by atoms with Gasteiger partial charge >= 0.3 is 5.69 Å². The predicted molar refractivity (Wildman–Crippen MR) is 70.1 cm³/mol. The molecule has 0 unspecified atom stereocenters. The monoisotopic (exact) mass is 270 g/mol. The second-order valence-electron chi connectivity index (χ2n) is 4.17. The first kappa shape index (κ1) is 12.9. The Hall–Kier alpha value is -1.56. The number of nitrogens with one attached hydrogen (secondary N) is 1. The molecule has 0 aliphatic heterocycles. The van der Waals surface area contributed by atoms with E-state index in [0.29, 0.717) is 23.5 Å². The van der Waals surface area contributed by atoms with E-state index >= 15 is 0 Å². The standard InChI is InChI=1S/C11H15ClN4O2/c1-3-4-5-16-9-8(13-7(6-12)14-9)10(17)15(2)11(16)18/h3-6H2,1-2H3,(H,13,14). The number of rotatable bonds is 4. The minimum Gasteiger partial charge on any atom is -0.335 e. The number of alkyl halides is 1. The Bertz CT molecular complexity index is 683. The number of H-pyrrole nitrogens is 1. The van der Waals surface area contributed by atoms with Crippen molar-refractivity contribution in [1.29, 1.82) is 0 Å². The fraction of sp³-hybridized carbons (Fsp3) is 0.545. The minimum atomic E-state index is -0.369. The minimum absolute atomic E-state index is 0.180. The number of fused-ring (bicyclic) bond motifs is 1. The summed E-state index contributed by atoms with van der Waals surface area (Å²) in [5.41, 5.74) is 0.0243. The van der Waals surface area contributed by atoms with Crippen molar-refractivity contribution in [1.82, 2.24) is 19.1 Å². The Labute approximate surface area is 108 Å². The third kappa shape index (κ3) is 1.96. The van der Waals surface area contributed by atoms with Crippen LogP contribution in [-0.4, -0.2) is 19.1 Å². The van der Waals surface area contributed by atoms with E-state index in [2.05, 4.69) is 9.97 Å². The molecular formula is C11H15ClN4O2. The van der Waals surface area contributed by atoms with Gasteiger partial charge in [-0.05, 0) is 6.42 Å². The Kier molecular flexibility index (Phi) is 3.56. The number of aromatic amines is 1. The highest BCUT2D eigenvalue weighted by atomic mass is 35.5. The lowest BCUT2D eigenvalue weighted by molar-refractivity contribution is 0.584. The van der Waals surface area contributed by atoms with Crippen molar-refractivity contribution in [2.45, 2.75) is 32.2 Å². The van der Waals surface area contributed by atoms with Crippen molar-refractivity contribution >= 4 is 22.8 Å². The highest BCUT2D eigenvalue weighted by molar-refractivity contribution is 6.16. The van der Waals surface area contributed by atoms with Crippen molar-refractivity contribution in [2.24, 2.45) is 7.05 Å². The maximum absolute atomic E-state index is 12.0. The molecule has 0 saturated carbocycles. The first-order valence-corrected chi connectivity index (χ1v) is 6.38.